The van der Waals surface area contributed by atoms with Crippen molar-refractivity contribution in [2.75, 3.05) is 5.73 Å². The molecule has 0 aliphatic carbocycles. The SMILES string of the molecule is N#Cc1cnn(-c2ccc([N+](=O)[O-])cc2)c1N. The van der Waals surface area contributed by atoms with E-state index >= 15 is 0 Å². The Kier molecular flexibility index (Phi) is 2.46. The van der Waals surface area contributed by atoms with Crippen molar-refractivity contribution < 1.29 is 4.92 Å². The number of nitriles is 1. The first-order chi connectivity index (χ1) is 8.13. The van der Waals surface area contributed by atoms with Gasteiger partial charge in [0, 0.05) is 12.1 Å². The highest BCUT2D eigenvalue weighted by Crippen LogP contribution is 2.19. The van der Waals surface area contributed by atoms with Crippen molar-refractivity contribution in [1.82, 2.24) is 9.78 Å². The number of hydrogen-bond acceptors (Lipinski definition) is 5. The molecule has 84 valence electrons. The number of nitrogens with two attached hydrogens (primary N) is 1. The number of nitrogens with zero attached hydrogens (tertiary/aromatic N) is 4. The van der Waals surface area contributed by atoms with Gasteiger partial charge in [0.15, 0.2) is 0 Å². The summed E-state index contributed by atoms with van der Waals surface area (Å²) >= 11 is 0. The molecule has 0 aliphatic heterocycles. The molecule has 2 N–H and O–H groups in total. The fourth-order valence-electron chi connectivity index (χ4n) is 1.37. The Morgan fingerprint density at radius 1 is 1.41 bits per heavy atom. The first kappa shape index (κ1) is 10.6. The highest BCUT2D eigenvalue weighted by atomic mass is 16.6. The number of aromatic nitrogens is 2. The maximum atomic E-state index is 10.5. The van der Waals surface area contributed by atoms with E-state index in [1.807, 2.05) is 6.07 Å². The van der Waals surface area contributed by atoms with Crippen molar-refractivity contribution in [3.8, 4) is 11.8 Å². The minimum absolute atomic E-state index is 0.0139. The summed E-state index contributed by atoms with van der Waals surface area (Å²) in [4.78, 5) is 9.99. The van der Waals surface area contributed by atoms with E-state index in [1.165, 1.54) is 35.1 Å². The number of non-ortho nitro benzene ring substituents is 1. The molecule has 0 fully saturated rings. The Balaban J connectivity index is 2.44. The van der Waals surface area contributed by atoms with Crippen molar-refractivity contribution in [3.63, 3.8) is 0 Å². The van der Waals surface area contributed by atoms with E-state index in [-0.39, 0.29) is 17.1 Å². The number of nitro groups is 1. The molecule has 1 heterocycles. The minimum atomic E-state index is -0.489. The monoisotopic (exact) mass is 229 g/mol. The van der Waals surface area contributed by atoms with Gasteiger partial charge >= 0.3 is 0 Å². The molecule has 0 aliphatic rings. The Morgan fingerprint density at radius 2 is 2.06 bits per heavy atom. The van der Waals surface area contributed by atoms with Crippen molar-refractivity contribution in [2.24, 2.45) is 0 Å². The van der Waals surface area contributed by atoms with Crippen LogP contribution in [0, 0.1) is 21.4 Å². The molecule has 0 saturated carbocycles. The van der Waals surface area contributed by atoms with E-state index in [4.69, 9.17) is 11.0 Å². The standard InChI is InChI=1S/C10H7N5O2/c11-5-7-6-13-14(10(7)12)8-1-3-9(4-2-8)15(16)17/h1-4,6H,12H2. The van der Waals surface area contributed by atoms with Gasteiger partial charge in [-0.1, -0.05) is 0 Å². The lowest BCUT2D eigenvalue weighted by atomic mass is 10.3. The minimum Gasteiger partial charge on any atom is -0.382 e. The van der Waals surface area contributed by atoms with Crippen LogP contribution in [0.4, 0.5) is 11.5 Å². The maximum absolute atomic E-state index is 10.5. The lowest BCUT2D eigenvalue weighted by Crippen LogP contribution is -2.02. The van der Waals surface area contributed by atoms with E-state index in [0.29, 0.717) is 5.69 Å². The topological polar surface area (TPSA) is 111 Å². The molecule has 0 spiro atoms. The average molecular weight is 229 g/mol. The molecule has 0 radical (unpaired) electrons. The summed E-state index contributed by atoms with van der Waals surface area (Å²) in [6.45, 7) is 0. The van der Waals surface area contributed by atoms with Crippen molar-refractivity contribution in [3.05, 3.63) is 46.1 Å². The molecular formula is C10H7N5O2. The average Bonchev–Trinajstić information content (AvgIpc) is 2.70. The fraction of sp³-hybridized carbons (Fsp3) is 0. The quantitative estimate of drug-likeness (QED) is 0.615. The van der Waals surface area contributed by atoms with Crippen molar-refractivity contribution in [2.45, 2.75) is 0 Å². The van der Waals surface area contributed by atoms with Crippen LogP contribution in [0.15, 0.2) is 30.5 Å². The van der Waals surface area contributed by atoms with Gasteiger partial charge in [-0.3, -0.25) is 10.1 Å². The smallest absolute Gasteiger partial charge is 0.269 e. The van der Waals surface area contributed by atoms with Crippen LogP contribution in [0.25, 0.3) is 5.69 Å². The predicted octanol–water partition coefficient (Wildman–Crippen LogP) is 1.23. The van der Waals surface area contributed by atoms with Crippen LogP contribution in [0.5, 0.6) is 0 Å². The summed E-state index contributed by atoms with van der Waals surface area (Å²) < 4.78 is 1.35. The molecule has 0 atom stereocenters. The maximum Gasteiger partial charge on any atom is 0.269 e. The molecule has 17 heavy (non-hydrogen) atoms. The second-order valence-electron chi connectivity index (χ2n) is 3.24. The molecule has 1 aromatic heterocycles. The van der Waals surface area contributed by atoms with E-state index in [0.717, 1.165) is 0 Å². The zero-order valence-electron chi connectivity index (χ0n) is 8.57. The summed E-state index contributed by atoms with van der Waals surface area (Å²) in [5.41, 5.74) is 6.51. The third-order valence-corrected chi connectivity index (χ3v) is 2.23. The third-order valence-electron chi connectivity index (χ3n) is 2.23. The Bertz CT molecular complexity index is 609. The summed E-state index contributed by atoms with van der Waals surface area (Å²) in [5.74, 6) is 0.210. The van der Waals surface area contributed by atoms with Gasteiger partial charge in [0.25, 0.3) is 5.69 Å². The van der Waals surface area contributed by atoms with Crippen LogP contribution in [-0.2, 0) is 0 Å². The van der Waals surface area contributed by atoms with Crippen LogP contribution in [0.3, 0.4) is 0 Å². The van der Waals surface area contributed by atoms with Gasteiger partial charge in [-0.05, 0) is 12.1 Å². The summed E-state index contributed by atoms with van der Waals surface area (Å²) in [6, 6.07) is 7.63. The first-order valence-electron chi connectivity index (χ1n) is 4.62. The molecule has 0 saturated heterocycles. The molecule has 0 bridgehead atoms. The Morgan fingerprint density at radius 3 is 2.53 bits per heavy atom. The normalized spacial score (nSPS) is 9.82. The summed E-state index contributed by atoms with van der Waals surface area (Å²) in [7, 11) is 0. The number of hydrogen-bond donors (Lipinski definition) is 1. The van der Waals surface area contributed by atoms with Crippen molar-refractivity contribution >= 4 is 11.5 Å². The molecule has 1 aromatic carbocycles. The van der Waals surface area contributed by atoms with Crippen LogP contribution < -0.4 is 5.73 Å². The summed E-state index contributed by atoms with van der Waals surface area (Å²) in [6.07, 6.45) is 1.34. The predicted molar refractivity (Wildman–Crippen MR) is 59.3 cm³/mol. The molecular weight excluding hydrogens is 222 g/mol. The molecule has 7 nitrogen and oxygen atoms in total. The molecule has 0 unspecified atom stereocenters. The second kappa shape index (κ2) is 3.94. The lowest BCUT2D eigenvalue weighted by molar-refractivity contribution is -0.384. The summed E-state index contributed by atoms with van der Waals surface area (Å²) in [5, 5.41) is 23.1. The molecule has 0 amide bonds. The fourth-order valence-corrected chi connectivity index (χ4v) is 1.37. The molecule has 2 aromatic rings. The number of nitro benzene ring substituents is 1. The highest BCUT2D eigenvalue weighted by Gasteiger charge is 2.10. The Labute approximate surface area is 95.8 Å². The van der Waals surface area contributed by atoms with Gasteiger partial charge in [-0.15, -0.1) is 0 Å². The largest absolute Gasteiger partial charge is 0.382 e. The van der Waals surface area contributed by atoms with Crippen molar-refractivity contribution in [1.29, 1.82) is 5.26 Å². The zero-order valence-corrected chi connectivity index (χ0v) is 8.57. The third kappa shape index (κ3) is 1.79. The van der Waals surface area contributed by atoms with Crippen LogP contribution in [-0.4, -0.2) is 14.7 Å². The van der Waals surface area contributed by atoms with E-state index in [2.05, 4.69) is 5.10 Å². The number of nitrogen functional groups attached to an aromatic ring is 1. The van der Waals surface area contributed by atoms with Gasteiger partial charge in [0.05, 0.1) is 16.8 Å². The first-order valence-corrected chi connectivity index (χ1v) is 4.62. The van der Waals surface area contributed by atoms with Gasteiger partial charge in [0.2, 0.25) is 0 Å². The van der Waals surface area contributed by atoms with Crippen LogP contribution in [0.2, 0.25) is 0 Å². The number of anilines is 1. The van der Waals surface area contributed by atoms with Gasteiger partial charge in [-0.2, -0.15) is 10.4 Å². The highest BCUT2D eigenvalue weighted by molar-refractivity contribution is 5.53. The van der Waals surface area contributed by atoms with Gasteiger partial charge in [0.1, 0.15) is 17.5 Å². The Hall–Kier alpha value is -2.88. The van der Waals surface area contributed by atoms with Gasteiger partial charge in [-0.25, -0.2) is 4.68 Å². The second-order valence-corrected chi connectivity index (χ2v) is 3.24. The molecule has 7 heteroatoms. The zero-order chi connectivity index (χ0) is 12.4. The number of rotatable bonds is 2. The van der Waals surface area contributed by atoms with Crippen LogP contribution in [0.1, 0.15) is 5.56 Å². The molecule has 2 rings (SSSR count). The lowest BCUT2D eigenvalue weighted by Gasteiger charge is -2.02. The van der Waals surface area contributed by atoms with E-state index < -0.39 is 4.92 Å². The number of benzene rings is 1. The van der Waals surface area contributed by atoms with Gasteiger partial charge < -0.3 is 5.73 Å². The van der Waals surface area contributed by atoms with E-state index in [1.54, 1.807) is 0 Å². The van der Waals surface area contributed by atoms with E-state index in [9.17, 15) is 10.1 Å². The van der Waals surface area contributed by atoms with Crippen LogP contribution >= 0.6 is 0 Å².